The third-order valence-electron chi connectivity index (χ3n) is 6.36. The normalized spacial score (nSPS) is 25.9. The van der Waals surface area contributed by atoms with Gasteiger partial charge in [-0.3, -0.25) is 24.2 Å². The van der Waals surface area contributed by atoms with Gasteiger partial charge in [0, 0.05) is 19.5 Å². The van der Waals surface area contributed by atoms with E-state index in [4.69, 9.17) is 4.42 Å². The van der Waals surface area contributed by atoms with Gasteiger partial charge in [-0.05, 0) is 50.9 Å². The molecule has 4 rings (SSSR count). The van der Waals surface area contributed by atoms with Crippen LogP contribution in [0.3, 0.4) is 0 Å². The zero-order valence-electron chi connectivity index (χ0n) is 16.7. The summed E-state index contributed by atoms with van der Waals surface area (Å²) in [6, 6.07) is 3.83. The number of carbonyl (C=O) groups excluding carboxylic acids is 3. The molecule has 7 nitrogen and oxygen atoms in total. The minimum absolute atomic E-state index is 0.0123. The second-order valence-corrected chi connectivity index (χ2v) is 8.17. The van der Waals surface area contributed by atoms with Gasteiger partial charge in [0.15, 0.2) is 0 Å². The van der Waals surface area contributed by atoms with Crippen molar-refractivity contribution in [1.29, 1.82) is 0 Å². The number of allylic oxidation sites excluding steroid dienone is 2. The Morgan fingerprint density at radius 3 is 2.41 bits per heavy atom. The largest absolute Gasteiger partial charge is 0.468 e. The molecular formula is C22H29N3O4. The summed E-state index contributed by atoms with van der Waals surface area (Å²) in [6.45, 7) is 2.61. The molecule has 0 aromatic carbocycles. The molecule has 3 atom stereocenters. The van der Waals surface area contributed by atoms with E-state index < -0.39 is 0 Å². The van der Waals surface area contributed by atoms with E-state index in [-0.39, 0.29) is 48.6 Å². The van der Waals surface area contributed by atoms with E-state index in [1.807, 2.05) is 24.3 Å². The lowest BCUT2D eigenvalue weighted by Gasteiger charge is -2.33. The molecule has 0 spiro atoms. The zero-order chi connectivity index (χ0) is 20.2. The fourth-order valence-electron chi connectivity index (χ4n) is 4.72. The Morgan fingerprint density at radius 2 is 1.79 bits per heavy atom. The first-order chi connectivity index (χ1) is 14.1. The van der Waals surface area contributed by atoms with Crippen LogP contribution in [0, 0.1) is 11.8 Å². The van der Waals surface area contributed by atoms with Gasteiger partial charge < -0.3 is 9.73 Å². The summed E-state index contributed by atoms with van der Waals surface area (Å²) in [7, 11) is 0. The first-order valence-corrected chi connectivity index (χ1v) is 10.7. The van der Waals surface area contributed by atoms with Crippen LogP contribution in [0.25, 0.3) is 0 Å². The van der Waals surface area contributed by atoms with Crippen LogP contribution in [0.5, 0.6) is 0 Å². The fourth-order valence-corrected chi connectivity index (χ4v) is 4.72. The highest BCUT2D eigenvalue weighted by atomic mass is 16.3. The molecule has 29 heavy (non-hydrogen) atoms. The van der Waals surface area contributed by atoms with Gasteiger partial charge in [-0.1, -0.05) is 18.6 Å². The first kappa shape index (κ1) is 19.9. The van der Waals surface area contributed by atoms with Crippen molar-refractivity contribution in [2.24, 2.45) is 11.8 Å². The molecule has 156 valence electrons. The molecule has 0 radical (unpaired) electrons. The van der Waals surface area contributed by atoms with Crippen LogP contribution < -0.4 is 5.32 Å². The minimum Gasteiger partial charge on any atom is -0.468 e. The average Bonchev–Trinajstić information content (AvgIpc) is 3.36. The van der Waals surface area contributed by atoms with Gasteiger partial charge in [0.05, 0.1) is 24.1 Å². The number of furan rings is 1. The van der Waals surface area contributed by atoms with E-state index in [1.54, 1.807) is 6.26 Å². The maximum Gasteiger partial charge on any atom is 0.233 e. The number of piperidine rings is 1. The molecule has 0 saturated carbocycles. The monoisotopic (exact) mass is 399 g/mol. The van der Waals surface area contributed by atoms with Gasteiger partial charge in [0.1, 0.15) is 5.76 Å². The van der Waals surface area contributed by atoms with Crippen LogP contribution in [0.15, 0.2) is 35.0 Å². The molecule has 3 amide bonds. The van der Waals surface area contributed by atoms with Crippen LogP contribution >= 0.6 is 0 Å². The smallest absolute Gasteiger partial charge is 0.233 e. The maximum atomic E-state index is 12.5. The van der Waals surface area contributed by atoms with E-state index in [0.29, 0.717) is 19.4 Å². The predicted octanol–water partition coefficient (Wildman–Crippen LogP) is 2.26. The van der Waals surface area contributed by atoms with Gasteiger partial charge >= 0.3 is 0 Å². The van der Waals surface area contributed by atoms with Gasteiger partial charge in [-0.25, -0.2) is 0 Å². The number of hydrogen-bond donors (Lipinski definition) is 1. The summed E-state index contributed by atoms with van der Waals surface area (Å²) < 4.78 is 5.61. The molecule has 2 saturated heterocycles. The van der Waals surface area contributed by atoms with Crippen molar-refractivity contribution in [2.45, 2.75) is 44.6 Å². The number of nitrogens with one attached hydrogen (secondary N) is 1. The van der Waals surface area contributed by atoms with Crippen LogP contribution in [0.2, 0.25) is 0 Å². The van der Waals surface area contributed by atoms with Crippen molar-refractivity contribution in [3.05, 3.63) is 36.3 Å². The highest BCUT2D eigenvalue weighted by Crippen LogP contribution is 2.35. The Balaban J connectivity index is 1.30. The number of amides is 3. The molecule has 7 heteroatoms. The average molecular weight is 399 g/mol. The Hall–Kier alpha value is -2.41. The van der Waals surface area contributed by atoms with E-state index >= 15 is 0 Å². The second kappa shape index (κ2) is 8.95. The number of hydrogen-bond acceptors (Lipinski definition) is 5. The van der Waals surface area contributed by atoms with Gasteiger partial charge in [0.25, 0.3) is 0 Å². The summed E-state index contributed by atoms with van der Waals surface area (Å²) in [6.07, 6.45) is 10.5. The number of nitrogens with zero attached hydrogens (tertiary/aromatic N) is 2. The van der Waals surface area contributed by atoms with Gasteiger partial charge in [0.2, 0.25) is 17.7 Å². The molecule has 2 aliphatic heterocycles. The quantitative estimate of drug-likeness (QED) is 0.562. The van der Waals surface area contributed by atoms with Crippen LogP contribution in [-0.2, 0) is 14.4 Å². The van der Waals surface area contributed by atoms with Crippen molar-refractivity contribution in [2.75, 3.05) is 26.2 Å². The maximum absolute atomic E-state index is 12.5. The summed E-state index contributed by atoms with van der Waals surface area (Å²) in [5.74, 6) is -0.0188. The standard InChI is InChI=1S/C22H29N3O4/c26-20(10-13-25-21(27)16-7-2-3-8-17(16)22(25)28)23-15-18(19-9-6-14-29-19)24-11-4-1-5-12-24/h2-3,6,9,14,16-18H,1,4-5,7-8,10-13,15H2,(H,23,26)/t16-,17-,18-/m0/s1. The SMILES string of the molecule is O=C(CCN1C(=O)[C@H]2CC=CC[C@@H]2C1=O)NC[C@@H](c1ccco1)N1CCCCC1. The molecule has 0 bridgehead atoms. The fraction of sp³-hybridized carbons (Fsp3) is 0.591. The van der Waals surface area contributed by atoms with Crippen LogP contribution in [0.4, 0.5) is 0 Å². The third-order valence-corrected chi connectivity index (χ3v) is 6.36. The topological polar surface area (TPSA) is 82.9 Å². The summed E-state index contributed by atoms with van der Waals surface area (Å²) in [5.41, 5.74) is 0. The van der Waals surface area contributed by atoms with Crippen molar-refractivity contribution >= 4 is 17.7 Å². The van der Waals surface area contributed by atoms with Crippen LogP contribution in [0.1, 0.15) is 50.3 Å². The van der Waals surface area contributed by atoms with Gasteiger partial charge in [-0.15, -0.1) is 0 Å². The molecule has 1 N–H and O–H groups in total. The summed E-state index contributed by atoms with van der Waals surface area (Å²) in [4.78, 5) is 41.1. The van der Waals surface area contributed by atoms with Crippen molar-refractivity contribution < 1.29 is 18.8 Å². The molecule has 1 aliphatic carbocycles. The van der Waals surface area contributed by atoms with Crippen LogP contribution in [-0.4, -0.2) is 53.7 Å². The highest BCUT2D eigenvalue weighted by Gasteiger charge is 2.46. The highest BCUT2D eigenvalue weighted by molar-refractivity contribution is 6.05. The van der Waals surface area contributed by atoms with Crippen molar-refractivity contribution in [1.82, 2.24) is 15.1 Å². The Bertz CT molecular complexity index is 741. The minimum atomic E-state index is -0.238. The predicted molar refractivity (Wildman–Crippen MR) is 107 cm³/mol. The Morgan fingerprint density at radius 1 is 1.10 bits per heavy atom. The lowest BCUT2D eigenvalue weighted by Crippen LogP contribution is -2.41. The zero-order valence-corrected chi connectivity index (χ0v) is 16.7. The van der Waals surface area contributed by atoms with E-state index in [9.17, 15) is 14.4 Å². The molecule has 1 aromatic heterocycles. The Labute approximate surface area is 171 Å². The first-order valence-electron chi connectivity index (χ1n) is 10.7. The Kier molecular flexibility index (Phi) is 6.13. The molecule has 2 fully saturated rings. The van der Waals surface area contributed by atoms with E-state index in [2.05, 4.69) is 10.2 Å². The van der Waals surface area contributed by atoms with E-state index in [1.165, 1.54) is 11.3 Å². The number of fused-ring (bicyclic) bond motifs is 1. The second-order valence-electron chi connectivity index (χ2n) is 8.17. The number of imide groups is 1. The summed E-state index contributed by atoms with van der Waals surface area (Å²) in [5, 5.41) is 2.98. The van der Waals surface area contributed by atoms with Gasteiger partial charge in [-0.2, -0.15) is 0 Å². The van der Waals surface area contributed by atoms with Crippen molar-refractivity contribution in [3.63, 3.8) is 0 Å². The van der Waals surface area contributed by atoms with Crippen molar-refractivity contribution in [3.8, 4) is 0 Å². The molecule has 3 aliphatic rings. The number of likely N-dealkylation sites (tertiary alicyclic amines) is 2. The third kappa shape index (κ3) is 4.29. The van der Waals surface area contributed by atoms with E-state index in [0.717, 1.165) is 31.7 Å². The number of carbonyl (C=O) groups is 3. The molecule has 1 aromatic rings. The molecule has 3 heterocycles. The summed E-state index contributed by atoms with van der Waals surface area (Å²) >= 11 is 0. The lowest BCUT2D eigenvalue weighted by atomic mass is 9.85. The molecular weight excluding hydrogens is 370 g/mol. The molecule has 0 unspecified atom stereocenters. The number of rotatable bonds is 7. The lowest BCUT2D eigenvalue weighted by molar-refractivity contribution is -0.140.